The van der Waals surface area contributed by atoms with Crippen molar-refractivity contribution in [2.45, 2.75) is 25.2 Å². The average molecular weight is 238 g/mol. The van der Waals surface area contributed by atoms with Crippen molar-refractivity contribution in [3.05, 3.63) is 21.9 Å². The number of thiophene rings is 1. The van der Waals surface area contributed by atoms with E-state index in [-0.39, 0.29) is 18.2 Å². The number of aliphatic hydroxyl groups excluding tert-OH is 1. The van der Waals surface area contributed by atoms with Crippen LogP contribution in [0.3, 0.4) is 0 Å². The Morgan fingerprint density at radius 2 is 2.31 bits per heavy atom. The normalized spacial score (nSPS) is 28.4. The van der Waals surface area contributed by atoms with Gasteiger partial charge in [0, 0.05) is 11.3 Å². The highest BCUT2D eigenvalue weighted by Crippen LogP contribution is 2.30. The molecule has 0 aromatic carbocycles. The lowest BCUT2D eigenvalue weighted by atomic mass is 10.2. The number of nitrogens with zero attached hydrogens (tertiary/aromatic N) is 1. The van der Waals surface area contributed by atoms with Gasteiger partial charge in [-0.2, -0.15) is 0 Å². The fourth-order valence-electron chi connectivity index (χ4n) is 2.19. The minimum Gasteiger partial charge on any atom is -0.374 e. The van der Waals surface area contributed by atoms with E-state index in [1.165, 1.54) is 16.2 Å². The van der Waals surface area contributed by atoms with Gasteiger partial charge in [0.25, 0.3) is 5.91 Å². The van der Waals surface area contributed by atoms with Crippen molar-refractivity contribution >= 4 is 23.2 Å². The van der Waals surface area contributed by atoms with Crippen LogP contribution in [-0.4, -0.2) is 34.1 Å². The average Bonchev–Trinajstić information content (AvgIpc) is 2.85. The van der Waals surface area contributed by atoms with Crippen LogP contribution in [0, 0.1) is 0 Å². The monoisotopic (exact) mass is 238 g/mol. The zero-order chi connectivity index (χ0) is 11.3. The van der Waals surface area contributed by atoms with E-state index in [0.717, 1.165) is 4.88 Å². The standard InChI is InChI=1S/C10H10N2O3S/c13-8-3-6(9(14)11-8)12-4-7-5(10(12)15)1-2-16-7/h1-2,6,8,13H,3-4H2,(H,11,14)/t6-,8?/m0/s1. The van der Waals surface area contributed by atoms with Crippen LogP contribution in [0.15, 0.2) is 11.4 Å². The van der Waals surface area contributed by atoms with E-state index in [9.17, 15) is 14.7 Å². The highest BCUT2D eigenvalue weighted by atomic mass is 32.1. The van der Waals surface area contributed by atoms with Gasteiger partial charge < -0.3 is 15.3 Å². The molecule has 6 heteroatoms. The fourth-order valence-corrected chi connectivity index (χ4v) is 3.06. The summed E-state index contributed by atoms with van der Waals surface area (Å²) in [4.78, 5) is 26.0. The number of carbonyl (C=O) groups is 2. The van der Waals surface area contributed by atoms with Gasteiger partial charge in [-0.25, -0.2) is 0 Å². The maximum atomic E-state index is 12.0. The Kier molecular flexibility index (Phi) is 2.02. The predicted octanol–water partition coefficient (Wildman–Crippen LogP) is -0.0892. The summed E-state index contributed by atoms with van der Waals surface area (Å²) >= 11 is 1.52. The zero-order valence-electron chi connectivity index (χ0n) is 8.34. The Bertz CT molecular complexity index is 470. The second-order valence-corrected chi connectivity index (χ2v) is 4.97. The maximum Gasteiger partial charge on any atom is 0.256 e. The summed E-state index contributed by atoms with van der Waals surface area (Å²) in [7, 11) is 0. The Morgan fingerprint density at radius 1 is 1.50 bits per heavy atom. The molecule has 2 N–H and O–H groups in total. The van der Waals surface area contributed by atoms with Crippen molar-refractivity contribution in [1.82, 2.24) is 10.2 Å². The van der Waals surface area contributed by atoms with E-state index < -0.39 is 12.3 Å². The zero-order valence-corrected chi connectivity index (χ0v) is 9.16. The third-order valence-electron chi connectivity index (χ3n) is 2.98. The van der Waals surface area contributed by atoms with Gasteiger partial charge in [-0.1, -0.05) is 0 Å². The first-order valence-corrected chi connectivity index (χ1v) is 5.90. The van der Waals surface area contributed by atoms with Crippen molar-refractivity contribution in [2.75, 3.05) is 0 Å². The number of nitrogens with one attached hydrogen (secondary N) is 1. The second-order valence-electron chi connectivity index (χ2n) is 3.97. The topological polar surface area (TPSA) is 69.6 Å². The van der Waals surface area contributed by atoms with Gasteiger partial charge in [-0.3, -0.25) is 9.59 Å². The number of fused-ring (bicyclic) bond motifs is 1. The van der Waals surface area contributed by atoms with E-state index in [1.807, 2.05) is 5.38 Å². The maximum absolute atomic E-state index is 12.0. The van der Waals surface area contributed by atoms with Gasteiger partial charge in [0.1, 0.15) is 12.3 Å². The summed E-state index contributed by atoms with van der Waals surface area (Å²) in [6.45, 7) is 0.483. The molecular weight excluding hydrogens is 228 g/mol. The summed E-state index contributed by atoms with van der Waals surface area (Å²) in [6.07, 6.45) is -0.552. The summed E-state index contributed by atoms with van der Waals surface area (Å²) < 4.78 is 0. The van der Waals surface area contributed by atoms with Crippen LogP contribution in [0.5, 0.6) is 0 Å². The Hall–Kier alpha value is -1.40. The molecule has 84 valence electrons. The molecule has 0 bridgehead atoms. The molecule has 1 fully saturated rings. The van der Waals surface area contributed by atoms with Crippen molar-refractivity contribution in [3.63, 3.8) is 0 Å². The molecule has 0 aliphatic carbocycles. The van der Waals surface area contributed by atoms with Gasteiger partial charge in [0.05, 0.1) is 12.1 Å². The van der Waals surface area contributed by atoms with Crippen molar-refractivity contribution in [3.8, 4) is 0 Å². The molecule has 0 saturated carbocycles. The molecule has 2 aliphatic rings. The highest BCUT2D eigenvalue weighted by molar-refractivity contribution is 7.10. The third-order valence-corrected chi connectivity index (χ3v) is 3.89. The number of hydrogen-bond donors (Lipinski definition) is 2. The Balaban J connectivity index is 1.87. The molecule has 3 heterocycles. The number of amides is 2. The number of hydrogen-bond acceptors (Lipinski definition) is 4. The van der Waals surface area contributed by atoms with Crippen LogP contribution in [0.25, 0.3) is 0 Å². The summed E-state index contributed by atoms with van der Waals surface area (Å²) in [6, 6.07) is 1.26. The van der Waals surface area contributed by atoms with E-state index in [4.69, 9.17) is 0 Å². The molecule has 0 spiro atoms. The smallest absolute Gasteiger partial charge is 0.256 e. The van der Waals surface area contributed by atoms with Crippen molar-refractivity contribution in [1.29, 1.82) is 0 Å². The molecule has 2 aliphatic heterocycles. The lowest BCUT2D eigenvalue weighted by Gasteiger charge is -2.20. The largest absolute Gasteiger partial charge is 0.374 e. The first kappa shape index (κ1) is 9.80. The Morgan fingerprint density at radius 3 is 2.94 bits per heavy atom. The summed E-state index contributed by atoms with van der Waals surface area (Å²) in [5.41, 5.74) is 0.694. The van der Waals surface area contributed by atoms with Gasteiger partial charge in [-0.05, 0) is 11.4 Å². The van der Waals surface area contributed by atoms with Gasteiger partial charge in [-0.15, -0.1) is 11.3 Å². The van der Waals surface area contributed by atoms with Gasteiger partial charge in [0.15, 0.2) is 0 Å². The SMILES string of the molecule is O=C1NC(O)C[C@@H]1N1Cc2sccc2C1=O. The lowest BCUT2D eigenvalue weighted by molar-refractivity contribution is -0.123. The fraction of sp³-hybridized carbons (Fsp3) is 0.400. The third kappa shape index (κ3) is 1.27. The van der Waals surface area contributed by atoms with Gasteiger partial charge in [0.2, 0.25) is 5.91 Å². The van der Waals surface area contributed by atoms with Crippen LogP contribution in [0.4, 0.5) is 0 Å². The molecule has 1 saturated heterocycles. The molecule has 1 unspecified atom stereocenters. The molecule has 1 aromatic heterocycles. The highest BCUT2D eigenvalue weighted by Gasteiger charge is 2.41. The molecule has 16 heavy (non-hydrogen) atoms. The minimum absolute atomic E-state index is 0.106. The molecule has 2 atom stereocenters. The van der Waals surface area contributed by atoms with Crippen LogP contribution < -0.4 is 5.32 Å². The van der Waals surface area contributed by atoms with Crippen molar-refractivity contribution in [2.24, 2.45) is 0 Å². The molecule has 0 radical (unpaired) electrons. The van der Waals surface area contributed by atoms with E-state index in [2.05, 4.69) is 5.32 Å². The van der Waals surface area contributed by atoms with Crippen LogP contribution in [0.2, 0.25) is 0 Å². The van der Waals surface area contributed by atoms with E-state index in [0.29, 0.717) is 12.1 Å². The molecular formula is C10H10N2O3S. The predicted molar refractivity (Wildman–Crippen MR) is 56.7 cm³/mol. The van der Waals surface area contributed by atoms with Crippen LogP contribution in [0.1, 0.15) is 21.7 Å². The quantitative estimate of drug-likeness (QED) is 0.718. The van der Waals surface area contributed by atoms with Crippen LogP contribution >= 0.6 is 11.3 Å². The number of aliphatic hydroxyl groups is 1. The summed E-state index contributed by atoms with van der Waals surface area (Å²) in [5, 5.41) is 13.6. The molecule has 5 nitrogen and oxygen atoms in total. The first-order chi connectivity index (χ1) is 7.66. The first-order valence-electron chi connectivity index (χ1n) is 5.02. The number of carbonyl (C=O) groups excluding carboxylic acids is 2. The molecule has 3 rings (SSSR count). The second kappa shape index (κ2) is 3.29. The minimum atomic E-state index is -0.830. The summed E-state index contributed by atoms with van der Waals surface area (Å²) in [5.74, 6) is -0.374. The molecule has 2 amide bonds. The lowest BCUT2D eigenvalue weighted by Crippen LogP contribution is -2.40. The molecule has 1 aromatic rings. The number of rotatable bonds is 1. The Labute approximate surface area is 95.7 Å². The van der Waals surface area contributed by atoms with Gasteiger partial charge >= 0.3 is 0 Å². The van der Waals surface area contributed by atoms with Crippen LogP contribution in [-0.2, 0) is 11.3 Å². The van der Waals surface area contributed by atoms with Crippen molar-refractivity contribution < 1.29 is 14.7 Å². The van der Waals surface area contributed by atoms with E-state index >= 15 is 0 Å². The van der Waals surface area contributed by atoms with E-state index in [1.54, 1.807) is 6.07 Å².